The molecule has 2 unspecified atom stereocenters. The molecule has 0 spiro atoms. The minimum atomic E-state index is -3.56. The van der Waals surface area contributed by atoms with E-state index in [1.165, 1.54) is 0 Å². The fraction of sp³-hybridized carbons (Fsp3) is 0.400. The highest BCUT2D eigenvalue weighted by Crippen LogP contribution is 2.35. The van der Waals surface area contributed by atoms with Crippen LogP contribution in [-0.2, 0) is 19.6 Å². The van der Waals surface area contributed by atoms with Crippen LogP contribution in [0.5, 0.6) is 11.5 Å². The zero-order valence-corrected chi connectivity index (χ0v) is 16.9. The van der Waals surface area contributed by atoms with Gasteiger partial charge in [-0.15, -0.1) is 0 Å². The summed E-state index contributed by atoms with van der Waals surface area (Å²) in [6.07, 6.45) is 0.615. The van der Waals surface area contributed by atoms with Crippen molar-refractivity contribution in [3.63, 3.8) is 0 Å². The number of hydrogen-bond acceptors (Lipinski definition) is 6. The van der Waals surface area contributed by atoms with Crippen LogP contribution in [0, 0.1) is 0 Å². The quantitative estimate of drug-likeness (QED) is 0.646. The lowest BCUT2D eigenvalue weighted by atomic mass is 10.0. The van der Waals surface area contributed by atoms with Crippen molar-refractivity contribution in [3.8, 4) is 11.5 Å². The first kappa shape index (κ1) is 20.8. The number of methoxy groups -OCH3 is 1. The molecule has 1 saturated heterocycles. The van der Waals surface area contributed by atoms with Crippen molar-refractivity contribution in [3.05, 3.63) is 60.2 Å². The molecule has 1 fully saturated rings. The Labute approximate surface area is 166 Å². The highest BCUT2D eigenvalue weighted by Gasteiger charge is 2.43. The topological polar surface area (TPSA) is 77.1 Å². The van der Waals surface area contributed by atoms with Crippen molar-refractivity contribution >= 4 is 10.0 Å². The van der Waals surface area contributed by atoms with E-state index in [1.807, 2.05) is 54.6 Å². The minimum Gasteiger partial charge on any atom is -0.457 e. The summed E-state index contributed by atoms with van der Waals surface area (Å²) < 4.78 is 39.1. The van der Waals surface area contributed by atoms with Crippen molar-refractivity contribution in [1.82, 2.24) is 9.79 Å². The molecular formula is C20H26N2O5S. The highest BCUT2D eigenvalue weighted by atomic mass is 32.2. The molecule has 2 atom stereocenters. The molecule has 0 bridgehead atoms. The molecule has 1 aliphatic rings. The van der Waals surface area contributed by atoms with Crippen LogP contribution < -0.4 is 9.46 Å². The number of hydrogen-bond donors (Lipinski definition) is 1. The smallest absolute Gasteiger partial charge is 0.218 e. The van der Waals surface area contributed by atoms with Crippen molar-refractivity contribution in [2.45, 2.75) is 17.7 Å². The Morgan fingerprint density at radius 3 is 2.64 bits per heavy atom. The van der Waals surface area contributed by atoms with E-state index in [2.05, 4.69) is 4.72 Å². The van der Waals surface area contributed by atoms with Crippen molar-refractivity contribution < 1.29 is 22.7 Å². The first-order chi connectivity index (χ1) is 13.5. The molecule has 0 saturated carbocycles. The maximum Gasteiger partial charge on any atom is 0.218 e. The Balaban J connectivity index is 1.77. The van der Waals surface area contributed by atoms with E-state index in [0.29, 0.717) is 25.3 Å². The molecule has 2 aromatic carbocycles. The van der Waals surface area contributed by atoms with Gasteiger partial charge in [-0.25, -0.2) is 13.1 Å². The van der Waals surface area contributed by atoms with Crippen LogP contribution in [0.2, 0.25) is 0 Å². The van der Waals surface area contributed by atoms with Crippen LogP contribution in [0.3, 0.4) is 0 Å². The lowest BCUT2D eigenvalue weighted by Crippen LogP contribution is -2.39. The maximum absolute atomic E-state index is 12.8. The van der Waals surface area contributed by atoms with Gasteiger partial charge in [0.2, 0.25) is 10.0 Å². The van der Waals surface area contributed by atoms with E-state index in [0.717, 1.165) is 11.3 Å². The van der Waals surface area contributed by atoms with E-state index in [-0.39, 0.29) is 6.61 Å². The van der Waals surface area contributed by atoms with Crippen LogP contribution in [0.4, 0.5) is 0 Å². The van der Waals surface area contributed by atoms with Crippen LogP contribution in [0.1, 0.15) is 18.0 Å². The van der Waals surface area contributed by atoms with Crippen molar-refractivity contribution in [1.29, 1.82) is 0 Å². The average Bonchev–Trinajstić information content (AvgIpc) is 3.09. The third-order valence-electron chi connectivity index (χ3n) is 4.59. The van der Waals surface area contributed by atoms with Gasteiger partial charge in [0.05, 0.1) is 12.6 Å². The second-order valence-corrected chi connectivity index (χ2v) is 8.58. The second-order valence-electron chi connectivity index (χ2n) is 6.60. The van der Waals surface area contributed by atoms with Crippen molar-refractivity contribution in [2.75, 3.05) is 33.9 Å². The number of nitrogens with one attached hydrogen (secondary N) is 1. The molecule has 2 aromatic rings. The molecule has 152 valence electrons. The third kappa shape index (κ3) is 5.09. The third-order valence-corrected chi connectivity index (χ3v) is 6.39. The van der Waals surface area contributed by atoms with Gasteiger partial charge in [-0.2, -0.15) is 5.06 Å². The molecule has 1 aliphatic heterocycles. The monoisotopic (exact) mass is 406 g/mol. The predicted octanol–water partition coefficient (Wildman–Crippen LogP) is 2.72. The van der Waals surface area contributed by atoms with E-state index >= 15 is 0 Å². The zero-order valence-electron chi connectivity index (χ0n) is 16.1. The first-order valence-corrected chi connectivity index (χ1v) is 10.7. The van der Waals surface area contributed by atoms with Gasteiger partial charge in [-0.05, 0) is 36.2 Å². The summed E-state index contributed by atoms with van der Waals surface area (Å²) in [7, 11) is -0.218. The lowest BCUT2D eigenvalue weighted by molar-refractivity contribution is -0.110. The minimum absolute atomic E-state index is 0.102. The van der Waals surface area contributed by atoms with Gasteiger partial charge < -0.3 is 9.47 Å². The van der Waals surface area contributed by atoms with Crippen LogP contribution in [-0.4, -0.2) is 52.6 Å². The summed E-state index contributed by atoms with van der Waals surface area (Å²) in [4.78, 5) is 5.55. The molecule has 7 nitrogen and oxygen atoms in total. The SMILES string of the molecule is COCCCNS(=O)(=O)C1CON(C)C1c1cccc(Oc2ccccc2)c1. The summed E-state index contributed by atoms with van der Waals surface area (Å²) in [6.45, 7) is 0.941. The number of nitrogens with zero attached hydrogens (tertiary/aromatic N) is 1. The molecule has 3 rings (SSSR count). The van der Waals surface area contributed by atoms with Crippen LogP contribution in [0.25, 0.3) is 0 Å². The number of rotatable bonds is 9. The number of ether oxygens (including phenoxy) is 2. The van der Waals surface area contributed by atoms with Crippen molar-refractivity contribution in [2.24, 2.45) is 0 Å². The molecule has 1 heterocycles. The van der Waals surface area contributed by atoms with Gasteiger partial charge in [0, 0.05) is 27.3 Å². The molecule has 8 heteroatoms. The average molecular weight is 407 g/mol. The van der Waals surface area contributed by atoms with Crippen LogP contribution >= 0.6 is 0 Å². The number of benzene rings is 2. The fourth-order valence-electron chi connectivity index (χ4n) is 3.21. The lowest BCUT2D eigenvalue weighted by Gasteiger charge is -2.23. The van der Waals surface area contributed by atoms with Crippen LogP contribution in [0.15, 0.2) is 54.6 Å². The molecule has 0 radical (unpaired) electrons. The van der Waals surface area contributed by atoms with Gasteiger partial charge in [0.15, 0.2) is 0 Å². The normalized spacial score (nSPS) is 20.4. The summed E-state index contributed by atoms with van der Waals surface area (Å²) in [6, 6.07) is 16.5. The van der Waals surface area contributed by atoms with E-state index in [9.17, 15) is 8.42 Å². The fourth-order valence-corrected chi connectivity index (χ4v) is 4.76. The van der Waals surface area contributed by atoms with Gasteiger partial charge >= 0.3 is 0 Å². The molecule has 0 aromatic heterocycles. The summed E-state index contributed by atoms with van der Waals surface area (Å²) in [5.41, 5.74) is 0.820. The van der Waals surface area contributed by atoms with E-state index in [4.69, 9.17) is 14.3 Å². The molecule has 0 amide bonds. The number of para-hydroxylation sites is 1. The highest BCUT2D eigenvalue weighted by molar-refractivity contribution is 7.90. The molecular weight excluding hydrogens is 380 g/mol. The Kier molecular flexibility index (Phi) is 7.03. The Bertz CT molecular complexity index is 860. The second kappa shape index (κ2) is 9.49. The summed E-state index contributed by atoms with van der Waals surface area (Å²) in [5, 5.41) is 0.882. The van der Waals surface area contributed by atoms with E-state index < -0.39 is 21.3 Å². The number of hydroxylamine groups is 2. The number of sulfonamides is 1. The van der Waals surface area contributed by atoms with E-state index in [1.54, 1.807) is 19.2 Å². The van der Waals surface area contributed by atoms with Gasteiger partial charge in [0.1, 0.15) is 16.7 Å². The first-order valence-electron chi connectivity index (χ1n) is 9.17. The molecule has 0 aliphatic carbocycles. The van der Waals surface area contributed by atoms with Gasteiger partial charge in [-0.3, -0.25) is 4.84 Å². The largest absolute Gasteiger partial charge is 0.457 e. The summed E-state index contributed by atoms with van der Waals surface area (Å²) >= 11 is 0. The van der Waals surface area contributed by atoms with Gasteiger partial charge in [0.25, 0.3) is 0 Å². The van der Waals surface area contributed by atoms with Gasteiger partial charge in [-0.1, -0.05) is 30.3 Å². The molecule has 28 heavy (non-hydrogen) atoms. The standard InChI is InChI=1S/C20H26N2O5S/c1-22-20(19(15-26-22)28(23,24)21-12-7-13-25-2)16-8-6-11-18(14-16)27-17-9-4-3-5-10-17/h3-6,8-11,14,19-21H,7,12-13,15H2,1-2H3. The Morgan fingerprint density at radius 1 is 1.14 bits per heavy atom. The maximum atomic E-state index is 12.8. The Morgan fingerprint density at radius 2 is 1.89 bits per heavy atom. The molecule has 1 N–H and O–H groups in total. The Hall–Kier alpha value is -1.97. The predicted molar refractivity (Wildman–Crippen MR) is 107 cm³/mol. The summed E-state index contributed by atoms with van der Waals surface area (Å²) in [5.74, 6) is 1.37. The zero-order chi connectivity index (χ0) is 20.0.